The smallest absolute Gasteiger partial charge is 0.0891 e. The van der Waals surface area contributed by atoms with Crippen molar-refractivity contribution in [3.63, 3.8) is 0 Å². The maximum atomic E-state index is 5.07. The van der Waals surface area contributed by atoms with Gasteiger partial charge in [-0.05, 0) is 12.5 Å². The van der Waals surface area contributed by atoms with Gasteiger partial charge in [0, 0.05) is 11.2 Å². The molecule has 70 valence electrons. The number of hydrogen-bond acceptors (Lipinski definition) is 2. The molecule has 1 rings (SSSR count). The number of thioether (sulfide) groups is 1. The summed E-state index contributed by atoms with van der Waals surface area (Å²) in [4.78, 5) is 0. The minimum atomic E-state index is 0.738. The van der Waals surface area contributed by atoms with E-state index in [1.165, 1.54) is 5.56 Å². The largest absolute Gasteiger partial charge is 0.501 e. The number of rotatable bonds is 5. The summed E-state index contributed by atoms with van der Waals surface area (Å²) in [5.74, 6) is 1.00. The zero-order chi connectivity index (χ0) is 9.36. The fraction of sp³-hybridized carbons (Fsp3) is 0.273. The molecule has 0 bridgehead atoms. The molecule has 13 heavy (non-hydrogen) atoms. The van der Waals surface area contributed by atoms with Gasteiger partial charge in [0.25, 0.3) is 0 Å². The van der Waals surface area contributed by atoms with Crippen molar-refractivity contribution >= 4 is 11.8 Å². The molecule has 2 heteroatoms. The van der Waals surface area contributed by atoms with E-state index in [4.69, 9.17) is 4.74 Å². The Morgan fingerprint density at radius 2 is 2.08 bits per heavy atom. The van der Waals surface area contributed by atoms with Crippen LogP contribution >= 0.6 is 11.8 Å². The van der Waals surface area contributed by atoms with Gasteiger partial charge in [-0.3, -0.25) is 0 Å². The summed E-state index contributed by atoms with van der Waals surface area (Å²) in [5.41, 5.74) is 1.34. The van der Waals surface area contributed by atoms with Crippen molar-refractivity contribution in [3.8, 4) is 0 Å². The molecule has 0 radical (unpaired) electrons. The van der Waals surface area contributed by atoms with Crippen LogP contribution < -0.4 is 0 Å². The van der Waals surface area contributed by atoms with Crippen molar-refractivity contribution in [1.29, 1.82) is 0 Å². The van der Waals surface area contributed by atoms with E-state index in [-0.39, 0.29) is 0 Å². The highest BCUT2D eigenvalue weighted by molar-refractivity contribution is 8.01. The third kappa shape index (κ3) is 4.63. The van der Waals surface area contributed by atoms with Crippen LogP contribution in [0.1, 0.15) is 12.5 Å². The predicted octanol–water partition coefficient (Wildman–Crippen LogP) is 3.43. The third-order valence-electron chi connectivity index (χ3n) is 1.51. The first-order valence-corrected chi connectivity index (χ1v) is 5.40. The lowest BCUT2D eigenvalue weighted by molar-refractivity contribution is 0.270. The standard InChI is InChI=1S/C11H14OS/c1-2-12-8-9-13-10-11-6-4-3-5-7-11/h3-9H,2,10H2,1H3. The summed E-state index contributed by atoms with van der Waals surface area (Å²) in [5, 5.41) is 1.98. The van der Waals surface area contributed by atoms with E-state index in [1.54, 1.807) is 18.0 Å². The van der Waals surface area contributed by atoms with Gasteiger partial charge in [-0.1, -0.05) is 30.3 Å². The Labute approximate surface area is 83.8 Å². The molecule has 0 unspecified atom stereocenters. The van der Waals surface area contributed by atoms with Gasteiger partial charge in [0.2, 0.25) is 0 Å². The van der Waals surface area contributed by atoms with Gasteiger partial charge in [-0.2, -0.15) is 0 Å². The molecule has 0 saturated carbocycles. The maximum Gasteiger partial charge on any atom is 0.0891 e. The monoisotopic (exact) mass is 194 g/mol. The van der Waals surface area contributed by atoms with Crippen molar-refractivity contribution in [2.24, 2.45) is 0 Å². The molecular weight excluding hydrogens is 180 g/mol. The number of ether oxygens (including phenoxy) is 1. The Balaban J connectivity index is 2.20. The third-order valence-corrected chi connectivity index (χ3v) is 2.31. The van der Waals surface area contributed by atoms with Crippen molar-refractivity contribution in [1.82, 2.24) is 0 Å². The minimum Gasteiger partial charge on any atom is -0.501 e. The van der Waals surface area contributed by atoms with Crippen LogP contribution in [0.2, 0.25) is 0 Å². The molecule has 0 fully saturated rings. The van der Waals surface area contributed by atoms with Crippen LogP contribution in [-0.4, -0.2) is 6.61 Å². The van der Waals surface area contributed by atoms with E-state index in [1.807, 2.05) is 18.4 Å². The van der Waals surface area contributed by atoms with Crippen molar-refractivity contribution in [2.45, 2.75) is 12.7 Å². The Morgan fingerprint density at radius 1 is 1.31 bits per heavy atom. The average Bonchev–Trinajstić information content (AvgIpc) is 2.19. The molecule has 0 heterocycles. The lowest BCUT2D eigenvalue weighted by Crippen LogP contribution is -1.77. The van der Waals surface area contributed by atoms with Crippen LogP contribution in [0.4, 0.5) is 0 Å². The molecule has 1 aromatic rings. The highest BCUT2D eigenvalue weighted by Gasteiger charge is 1.87. The number of hydrogen-bond donors (Lipinski definition) is 0. The first kappa shape index (κ1) is 10.2. The molecule has 0 spiro atoms. The Morgan fingerprint density at radius 3 is 2.77 bits per heavy atom. The van der Waals surface area contributed by atoms with Crippen molar-refractivity contribution in [3.05, 3.63) is 47.6 Å². The summed E-state index contributed by atoms with van der Waals surface area (Å²) in [6.45, 7) is 2.72. The highest BCUT2D eigenvalue weighted by atomic mass is 32.2. The van der Waals surface area contributed by atoms with Gasteiger partial charge in [0.15, 0.2) is 0 Å². The van der Waals surface area contributed by atoms with Gasteiger partial charge >= 0.3 is 0 Å². The fourth-order valence-electron chi connectivity index (χ4n) is 0.893. The van der Waals surface area contributed by atoms with Gasteiger partial charge < -0.3 is 4.74 Å². The lowest BCUT2D eigenvalue weighted by Gasteiger charge is -1.96. The topological polar surface area (TPSA) is 9.23 Å². The quantitative estimate of drug-likeness (QED) is 0.664. The second-order valence-corrected chi connectivity index (χ2v) is 3.42. The van der Waals surface area contributed by atoms with E-state index in [0.29, 0.717) is 0 Å². The van der Waals surface area contributed by atoms with Crippen molar-refractivity contribution in [2.75, 3.05) is 6.61 Å². The van der Waals surface area contributed by atoms with Gasteiger partial charge in [0.1, 0.15) is 0 Å². The molecule has 0 aliphatic heterocycles. The molecule has 0 aliphatic rings. The molecule has 0 N–H and O–H groups in total. The van der Waals surface area contributed by atoms with Crippen LogP contribution in [-0.2, 0) is 10.5 Å². The van der Waals surface area contributed by atoms with Gasteiger partial charge in [0.05, 0.1) is 12.9 Å². The highest BCUT2D eigenvalue weighted by Crippen LogP contribution is 2.12. The summed E-state index contributed by atoms with van der Waals surface area (Å²) < 4.78 is 5.07. The minimum absolute atomic E-state index is 0.738. The molecular formula is C11H14OS. The lowest BCUT2D eigenvalue weighted by atomic mass is 10.2. The van der Waals surface area contributed by atoms with Crippen LogP contribution in [0, 0.1) is 0 Å². The fourth-order valence-corrected chi connectivity index (χ4v) is 1.53. The van der Waals surface area contributed by atoms with Crippen LogP contribution in [0.5, 0.6) is 0 Å². The summed E-state index contributed by atoms with van der Waals surface area (Å²) in [7, 11) is 0. The molecule has 0 aliphatic carbocycles. The second-order valence-electron chi connectivity index (χ2n) is 2.52. The Bertz CT molecular complexity index is 244. The zero-order valence-corrected chi connectivity index (χ0v) is 8.59. The van der Waals surface area contributed by atoms with E-state index >= 15 is 0 Å². The Hall–Kier alpha value is -0.890. The molecule has 0 atom stereocenters. The summed E-state index contributed by atoms with van der Waals surface area (Å²) in [6, 6.07) is 10.4. The predicted molar refractivity (Wildman–Crippen MR) is 58.5 cm³/mol. The normalized spacial score (nSPS) is 10.5. The van der Waals surface area contributed by atoms with Crippen LogP contribution in [0.15, 0.2) is 42.0 Å². The Kier molecular flexibility index (Phi) is 5.18. The van der Waals surface area contributed by atoms with E-state index in [0.717, 1.165) is 12.4 Å². The first-order chi connectivity index (χ1) is 6.43. The molecule has 0 saturated heterocycles. The van der Waals surface area contributed by atoms with Crippen LogP contribution in [0.25, 0.3) is 0 Å². The van der Waals surface area contributed by atoms with Crippen LogP contribution in [0.3, 0.4) is 0 Å². The zero-order valence-electron chi connectivity index (χ0n) is 7.77. The average molecular weight is 194 g/mol. The molecule has 1 aromatic carbocycles. The molecule has 1 nitrogen and oxygen atoms in total. The second kappa shape index (κ2) is 6.61. The van der Waals surface area contributed by atoms with E-state index in [9.17, 15) is 0 Å². The first-order valence-electron chi connectivity index (χ1n) is 4.35. The van der Waals surface area contributed by atoms with Gasteiger partial charge in [-0.25, -0.2) is 0 Å². The molecule has 0 amide bonds. The molecule has 0 aromatic heterocycles. The van der Waals surface area contributed by atoms with E-state index < -0.39 is 0 Å². The van der Waals surface area contributed by atoms with Gasteiger partial charge in [-0.15, -0.1) is 11.8 Å². The van der Waals surface area contributed by atoms with Crippen molar-refractivity contribution < 1.29 is 4.74 Å². The SMILES string of the molecule is CCOC=CSCc1ccccc1. The summed E-state index contributed by atoms with van der Waals surface area (Å²) >= 11 is 1.74. The maximum absolute atomic E-state index is 5.07. The summed E-state index contributed by atoms with van der Waals surface area (Å²) in [6.07, 6.45) is 1.74. The van der Waals surface area contributed by atoms with E-state index in [2.05, 4.69) is 24.3 Å². The number of benzene rings is 1.